The zero-order valence-corrected chi connectivity index (χ0v) is 10.7. The maximum absolute atomic E-state index is 11.7. The van der Waals surface area contributed by atoms with Gasteiger partial charge in [0, 0.05) is 0 Å². The molecule has 0 spiro atoms. The Morgan fingerprint density at radius 3 is 2.71 bits per heavy atom. The van der Waals surface area contributed by atoms with Crippen LogP contribution in [0.25, 0.3) is 0 Å². The summed E-state index contributed by atoms with van der Waals surface area (Å²) in [5.74, 6) is -0.358. The molecule has 11 heteroatoms. The van der Waals surface area contributed by atoms with E-state index < -0.39 is 36.7 Å². The van der Waals surface area contributed by atoms with Gasteiger partial charge >= 0.3 is 0 Å². The molecule has 1 aromatic heterocycles. The number of hydrogen-bond acceptors (Lipinski definition) is 9. The fourth-order valence-electron chi connectivity index (χ4n) is 1.94. The molecule has 0 bridgehead atoms. The second-order valence-electron chi connectivity index (χ2n) is 4.34. The zero-order valence-electron chi connectivity index (χ0n) is 10.7. The highest BCUT2D eigenvalue weighted by molar-refractivity contribution is 5.78. The lowest BCUT2D eigenvalue weighted by Crippen LogP contribution is -2.37. The van der Waals surface area contributed by atoms with E-state index in [9.17, 15) is 19.8 Å². The van der Waals surface area contributed by atoms with Crippen LogP contribution in [0.5, 0.6) is 0 Å². The summed E-state index contributed by atoms with van der Waals surface area (Å²) in [4.78, 5) is 28.1. The Bertz CT molecular complexity index is 578. The van der Waals surface area contributed by atoms with Crippen LogP contribution in [0, 0.1) is 0 Å². The molecule has 1 fully saturated rings. The Hall–Kier alpha value is -2.21. The highest BCUT2D eigenvalue weighted by Crippen LogP contribution is 2.24. The molecule has 1 aliphatic rings. The van der Waals surface area contributed by atoms with Crippen molar-refractivity contribution in [3.8, 4) is 0 Å². The molecule has 4 atom stereocenters. The Balaban J connectivity index is 2.27. The van der Waals surface area contributed by atoms with Crippen molar-refractivity contribution < 1.29 is 24.9 Å². The van der Waals surface area contributed by atoms with Crippen molar-refractivity contribution >= 4 is 23.9 Å². The molecular formula is C10H15N5O6. The zero-order chi connectivity index (χ0) is 15.6. The lowest BCUT2D eigenvalue weighted by Gasteiger charge is -2.18. The molecular weight excluding hydrogens is 286 g/mol. The number of aromatic nitrogens is 2. The SMILES string of the molecule is Nc1nc(NC2O[C@H](CO)[C@@H](O)[C@H]2O)c(NC=O)c(=O)[nH]1. The van der Waals surface area contributed by atoms with Crippen LogP contribution in [0.4, 0.5) is 17.5 Å². The molecule has 21 heavy (non-hydrogen) atoms. The molecule has 11 nitrogen and oxygen atoms in total. The summed E-state index contributed by atoms with van der Waals surface area (Å²) in [7, 11) is 0. The molecule has 2 rings (SSSR count). The van der Waals surface area contributed by atoms with Gasteiger partial charge in [-0.3, -0.25) is 14.6 Å². The number of nitrogen functional groups attached to an aromatic ring is 1. The van der Waals surface area contributed by atoms with E-state index >= 15 is 0 Å². The average Bonchev–Trinajstić information content (AvgIpc) is 2.70. The van der Waals surface area contributed by atoms with Gasteiger partial charge in [0.2, 0.25) is 12.4 Å². The van der Waals surface area contributed by atoms with E-state index in [2.05, 4.69) is 20.6 Å². The molecule has 0 aliphatic carbocycles. The Labute approximate surface area is 117 Å². The quantitative estimate of drug-likeness (QED) is 0.275. The van der Waals surface area contributed by atoms with Crippen LogP contribution < -0.4 is 21.9 Å². The minimum Gasteiger partial charge on any atom is -0.394 e. The first-order valence-corrected chi connectivity index (χ1v) is 5.97. The summed E-state index contributed by atoms with van der Waals surface area (Å²) in [5.41, 5.74) is 4.47. The largest absolute Gasteiger partial charge is 0.394 e. The maximum atomic E-state index is 11.7. The fraction of sp³-hybridized carbons (Fsp3) is 0.500. The number of carbonyl (C=O) groups excluding carboxylic acids is 1. The first-order chi connectivity index (χ1) is 9.97. The number of amides is 1. The standard InChI is InChI=1S/C10H15N5O6/c11-10-14-7(4(12-2-17)8(20)15-10)13-9-6(19)5(18)3(1-16)21-9/h2-3,5-6,9,16,18-19H,1H2,(H,12,17)(H4,11,13,14,15,20)/t3-,5-,6-,9?/m1/s1. The number of carbonyl (C=O) groups is 1. The first kappa shape index (κ1) is 15.2. The molecule has 1 unspecified atom stereocenters. The van der Waals surface area contributed by atoms with Crippen molar-refractivity contribution in [2.45, 2.75) is 24.5 Å². The van der Waals surface area contributed by atoms with Crippen LogP contribution in [-0.4, -0.2) is 62.8 Å². The number of ether oxygens (including phenoxy) is 1. The van der Waals surface area contributed by atoms with Gasteiger partial charge in [-0.25, -0.2) is 0 Å². The predicted molar refractivity (Wildman–Crippen MR) is 70.3 cm³/mol. The molecule has 8 N–H and O–H groups in total. The highest BCUT2D eigenvalue weighted by atomic mass is 16.6. The van der Waals surface area contributed by atoms with Crippen LogP contribution in [0.3, 0.4) is 0 Å². The summed E-state index contributed by atoms with van der Waals surface area (Å²) in [6, 6.07) is 0. The lowest BCUT2D eigenvalue weighted by molar-refractivity contribution is -0.105. The molecule has 1 aliphatic heterocycles. The Morgan fingerprint density at radius 2 is 2.14 bits per heavy atom. The number of aliphatic hydroxyl groups is 3. The van der Waals surface area contributed by atoms with Crippen LogP contribution in [-0.2, 0) is 9.53 Å². The number of H-pyrrole nitrogens is 1. The summed E-state index contributed by atoms with van der Waals surface area (Å²) < 4.78 is 5.18. The number of nitrogens with two attached hydrogens (primary N) is 1. The fourth-order valence-corrected chi connectivity index (χ4v) is 1.94. The predicted octanol–water partition coefficient (Wildman–Crippen LogP) is -3.23. The smallest absolute Gasteiger partial charge is 0.278 e. The van der Waals surface area contributed by atoms with Crippen molar-refractivity contribution in [3.05, 3.63) is 10.4 Å². The minimum absolute atomic E-state index is 0.141. The third kappa shape index (κ3) is 2.95. The number of nitrogens with one attached hydrogen (secondary N) is 3. The van der Waals surface area contributed by atoms with Gasteiger partial charge in [-0.1, -0.05) is 0 Å². The summed E-state index contributed by atoms with van der Waals surface area (Å²) >= 11 is 0. The second kappa shape index (κ2) is 6.05. The summed E-state index contributed by atoms with van der Waals surface area (Å²) in [6.45, 7) is -0.499. The molecule has 0 saturated carbocycles. The van der Waals surface area contributed by atoms with Crippen LogP contribution in [0.15, 0.2) is 4.79 Å². The van der Waals surface area contributed by atoms with Gasteiger partial charge in [-0.2, -0.15) is 4.98 Å². The highest BCUT2D eigenvalue weighted by Gasteiger charge is 2.42. The molecule has 1 saturated heterocycles. The van der Waals surface area contributed by atoms with E-state index in [1.54, 1.807) is 0 Å². The summed E-state index contributed by atoms with van der Waals surface area (Å²) in [6.07, 6.45) is -4.54. The van der Waals surface area contributed by atoms with Gasteiger partial charge in [-0.05, 0) is 0 Å². The Kier molecular flexibility index (Phi) is 4.37. The van der Waals surface area contributed by atoms with E-state index in [1.165, 1.54) is 0 Å². The maximum Gasteiger partial charge on any atom is 0.278 e. The van der Waals surface area contributed by atoms with Gasteiger partial charge in [0.25, 0.3) is 5.56 Å². The normalized spacial score (nSPS) is 28.3. The first-order valence-electron chi connectivity index (χ1n) is 5.97. The third-order valence-corrected chi connectivity index (χ3v) is 2.96. The number of aromatic amines is 1. The van der Waals surface area contributed by atoms with Gasteiger partial charge in [0.05, 0.1) is 6.61 Å². The molecule has 0 aromatic carbocycles. The van der Waals surface area contributed by atoms with Gasteiger partial charge in [0.1, 0.15) is 24.0 Å². The number of rotatable bonds is 5. The van der Waals surface area contributed by atoms with Crippen molar-refractivity contribution in [2.24, 2.45) is 0 Å². The van der Waals surface area contributed by atoms with Crippen LogP contribution in [0.2, 0.25) is 0 Å². The molecule has 1 amide bonds. The lowest BCUT2D eigenvalue weighted by atomic mass is 10.1. The molecule has 0 radical (unpaired) electrons. The monoisotopic (exact) mass is 301 g/mol. The topological polar surface area (TPSA) is 183 Å². The van der Waals surface area contributed by atoms with Crippen molar-refractivity contribution in [2.75, 3.05) is 23.0 Å². The van der Waals surface area contributed by atoms with Crippen molar-refractivity contribution in [3.63, 3.8) is 0 Å². The molecule has 2 heterocycles. The van der Waals surface area contributed by atoms with E-state index in [-0.39, 0.29) is 23.9 Å². The van der Waals surface area contributed by atoms with Crippen molar-refractivity contribution in [1.29, 1.82) is 0 Å². The number of nitrogens with zero attached hydrogens (tertiary/aromatic N) is 1. The number of anilines is 3. The number of aliphatic hydroxyl groups excluding tert-OH is 3. The van der Waals surface area contributed by atoms with E-state index in [0.29, 0.717) is 0 Å². The number of hydrogen-bond donors (Lipinski definition) is 7. The minimum atomic E-state index is -1.37. The van der Waals surface area contributed by atoms with Crippen LogP contribution >= 0.6 is 0 Å². The molecule has 116 valence electrons. The van der Waals surface area contributed by atoms with Gasteiger partial charge in [0.15, 0.2) is 12.0 Å². The molecule has 1 aromatic rings. The second-order valence-corrected chi connectivity index (χ2v) is 4.34. The van der Waals surface area contributed by atoms with E-state index in [1.807, 2.05) is 0 Å². The van der Waals surface area contributed by atoms with Crippen LogP contribution in [0.1, 0.15) is 0 Å². The third-order valence-electron chi connectivity index (χ3n) is 2.96. The summed E-state index contributed by atoms with van der Waals surface area (Å²) in [5, 5.41) is 33.1. The average molecular weight is 301 g/mol. The Morgan fingerprint density at radius 1 is 1.43 bits per heavy atom. The van der Waals surface area contributed by atoms with Crippen molar-refractivity contribution in [1.82, 2.24) is 9.97 Å². The van der Waals surface area contributed by atoms with E-state index in [4.69, 9.17) is 15.6 Å². The van der Waals surface area contributed by atoms with E-state index in [0.717, 1.165) is 0 Å². The van der Waals surface area contributed by atoms with Gasteiger partial charge in [-0.15, -0.1) is 0 Å². The van der Waals surface area contributed by atoms with Gasteiger partial charge < -0.3 is 36.4 Å².